The standard InChI is InChI=1S/C13H16N4O/c1-9-6-13(17-16-9)18-12-4-5-14-11(7-12)8-15-10-2-3-10/h4-7,10,15H,2-3,8H2,1H3,(H,16,17). The molecule has 0 radical (unpaired) electrons. The molecular weight excluding hydrogens is 228 g/mol. The van der Waals surface area contributed by atoms with Crippen molar-refractivity contribution in [1.29, 1.82) is 0 Å². The van der Waals surface area contributed by atoms with Gasteiger partial charge in [0.1, 0.15) is 5.75 Å². The highest BCUT2D eigenvalue weighted by atomic mass is 16.5. The molecule has 0 atom stereocenters. The molecule has 1 fully saturated rings. The Morgan fingerprint density at radius 1 is 1.44 bits per heavy atom. The summed E-state index contributed by atoms with van der Waals surface area (Å²) in [7, 11) is 0. The van der Waals surface area contributed by atoms with Crippen molar-refractivity contribution in [1.82, 2.24) is 20.5 Å². The van der Waals surface area contributed by atoms with Crippen molar-refractivity contribution in [2.75, 3.05) is 0 Å². The lowest BCUT2D eigenvalue weighted by Gasteiger charge is -2.05. The first-order valence-corrected chi connectivity index (χ1v) is 6.18. The van der Waals surface area contributed by atoms with Gasteiger partial charge in [0, 0.05) is 36.6 Å². The van der Waals surface area contributed by atoms with Crippen LogP contribution in [0.4, 0.5) is 0 Å². The summed E-state index contributed by atoms with van der Waals surface area (Å²) < 4.78 is 5.65. The zero-order valence-electron chi connectivity index (χ0n) is 10.3. The lowest BCUT2D eigenvalue weighted by molar-refractivity contribution is 0.459. The van der Waals surface area contributed by atoms with Crippen molar-refractivity contribution in [2.24, 2.45) is 0 Å². The van der Waals surface area contributed by atoms with Crippen LogP contribution in [0, 0.1) is 6.92 Å². The second-order valence-corrected chi connectivity index (χ2v) is 4.63. The molecule has 0 saturated heterocycles. The van der Waals surface area contributed by atoms with E-state index in [1.54, 1.807) is 6.20 Å². The third-order valence-corrected chi connectivity index (χ3v) is 2.84. The van der Waals surface area contributed by atoms with Crippen LogP contribution in [0.1, 0.15) is 24.2 Å². The Labute approximate surface area is 106 Å². The van der Waals surface area contributed by atoms with Crippen molar-refractivity contribution in [3.63, 3.8) is 0 Å². The Kier molecular flexibility index (Phi) is 2.98. The highest BCUT2D eigenvalue weighted by molar-refractivity contribution is 5.27. The molecule has 18 heavy (non-hydrogen) atoms. The summed E-state index contributed by atoms with van der Waals surface area (Å²) in [5.41, 5.74) is 1.97. The number of pyridine rings is 1. The van der Waals surface area contributed by atoms with E-state index in [1.807, 2.05) is 25.1 Å². The highest BCUT2D eigenvalue weighted by Gasteiger charge is 2.20. The molecule has 5 nitrogen and oxygen atoms in total. The van der Waals surface area contributed by atoms with E-state index < -0.39 is 0 Å². The van der Waals surface area contributed by atoms with Crippen LogP contribution in [0.5, 0.6) is 11.6 Å². The monoisotopic (exact) mass is 244 g/mol. The number of hydrogen-bond donors (Lipinski definition) is 2. The zero-order valence-corrected chi connectivity index (χ0v) is 10.3. The van der Waals surface area contributed by atoms with Crippen LogP contribution >= 0.6 is 0 Å². The molecular formula is C13H16N4O. The van der Waals surface area contributed by atoms with Crippen LogP contribution in [0.2, 0.25) is 0 Å². The van der Waals surface area contributed by atoms with E-state index in [1.165, 1.54) is 12.8 Å². The number of nitrogens with one attached hydrogen (secondary N) is 2. The van der Waals surface area contributed by atoms with Gasteiger partial charge in [0.05, 0.1) is 5.69 Å². The molecule has 2 N–H and O–H groups in total. The van der Waals surface area contributed by atoms with Gasteiger partial charge in [-0.2, -0.15) is 0 Å². The number of nitrogens with zero attached hydrogens (tertiary/aromatic N) is 2. The lowest BCUT2D eigenvalue weighted by Crippen LogP contribution is -2.16. The molecule has 1 aliphatic carbocycles. The second-order valence-electron chi connectivity index (χ2n) is 4.63. The minimum Gasteiger partial charge on any atom is -0.437 e. The average Bonchev–Trinajstić information content (AvgIpc) is 3.11. The highest BCUT2D eigenvalue weighted by Crippen LogP contribution is 2.21. The Morgan fingerprint density at radius 2 is 2.33 bits per heavy atom. The van der Waals surface area contributed by atoms with Gasteiger partial charge in [-0.1, -0.05) is 0 Å². The maximum atomic E-state index is 5.65. The molecule has 0 spiro atoms. The molecule has 1 saturated carbocycles. The van der Waals surface area contributed by atoms with E-state index >= 15 is 0 Å². The van der Waals surface area contributed by atoms with E-state index in [0.717, 1.165) is 23.7 Å². The maximum Gasteiger partial charge on any atom is 0.238 e. The van der Waals surface area contributed by atoms with Crippen LogP contribution in [0.3, 0.4) is 0 Å². The van der Waals surface area contributed by atoms with Crippen LogP contribution in [0.25, 0.3) is 0 Å². The second kappa shape index (κ2) is 4.78. The first-order chi connectivity index (χ1) is 8.79. The van der Waals surface area contributed by atoms with Gasteiger partial charge in [-0.25, -0.2) is 0 Å². The minimum atomic E-state index is 0.583. The third kappa shape index (κ3) is 2.87. The maximum absolute atomic E-state index is 5.65. The number of rotatable bonds is 5. The SMILES string of the molecule is Cc1cc(Oc2ccnc(CNC3CC3)c2)n[nH]1. The molecule has 5 heteroatoms. The normalized spacial score (nSPS) is 14.7. The van der Waals surface area contributed by atoms with E-state index in [-0.39, 0.29) is 0 Å². The van der Waals surface area contributed by atoms with Gasteiger partial charge in [-0.3, -0.25) is 10.1 Å². The molecule has 0 bridgehead atoms. The number of aromatic nitrogens is 3. The number of hydrogen-bond acceptors (Lipinski definition) is 4. The molecule has 3 rings (SSSR count). The smallest absolute Gasteiger partial charge is 0.238 e. The Bertz CT molecular complexity index is 533. The fourth-order valence-electron chi connectivity index (χ4n) is 1.72. The lowest BCUT2D eigenvalue weighted by atomic mass is 10.3. The Balaban J connectivity index is 1.65. The summed E-state index contributed by atoms with van der Waals surface area (Å²) in [6.45, 7) is 2.73. The quantitative estimate of drug-likeness (QED) is 0.846. The van der Waals surface area contributed by atoms with Gasteiger partial charge in [0.25, 0.3) is 0 Å². The predicted octanol–water partition coefficient (Wildman–Crippen LogP) is 2.16. The summed E-state index contributed by atoms with van der Waals surface area (Å²) in [5.74, 6) is 1.35. The van der Waals surface area contributed by atoms with Gasteiger partial charge >= 0.3 is 0 Å². The van der Waals surface area contributed by atoms with E-state index in [4.69, 9.17) is 4.74 Å². The summed E-state index contributed by atoms with van der Waals surface area (Å²) in [6.07, 6.45) is 4.32. The van der Waals surface area contributed by atoms with Crippen molar-refractivity contribution < 1.29 is 4.74 Å². The number of H-pyrrole nitrogens is 1. The van der Waals surface area contributed by atoms with Crippen molar-refractivity contribution in [2.45, 2.75) is 32.4 Å². The Morgan fingerprint density at radius 3 is 3.06 bits per heavy atom. The van der Waals surface area contributed by atoms with Crippen LogP contribution < -0.4 is 10.1 Å². The van der Waals surface area contributed by atoms with Gasteiger partial charge < -0.3 is 10.1 Å². The molecule has 1 aliphatic rings. The molecule has 2 heterocycles. The van der Waals surface area contributed by atoms with Gasteiger partial charge in [0.2, 0.25) is 5.88 Å². The fourth-order valence-corrected chi connectivity index (χ4v) is 1.72. The first-order valence-electron chi connectivity index (χ1n) is 6.18. The molecule has 0 amide bonds. The fraction of sp³-hybridized carbons (Fsp3) is 0.385. The van der Waals surface area contributed by atoms with E-state index in [2.05, 4.69) is 20.5 Å². The molecule has 94 valence electrons. The predicted molar refractivity (Wildman–Crippen MR) is 67.5 cm³/mol. The van der Waals surface area contributed by atoms with Crippen molar-refractivity contribution in [3.8, 4) is 11.6 Å². The summed E-state index contributed by atoms with van der Waals surface area (Å²) in [6, 6.07) is 6.33. The molecule has 2 aromatic heterocycles. The van der Waals surface area contributed by atoms with E-state index in [9.17, 15) is 0 Å². The van der Waals surface area contributed by atoms with Crippen LogP contribution in [0.15, 0.2) is 24.4 Å². The van der Waals surface area contributed by atoms with Crippen LogP contribution in [-0.4, -0.2) is 21.2 Å². The third-order valence-electron chi connectivity index (χ3n) is 2.84. The largest absolute Gasteiger partial charge is 0.437 e. The van der Waals surface area contributed by atoms with Crippen molar-refractivity contribution in [3.05, 3.63) is 35.8 Å². The zero-order chi connectivity index (χ0) is 12.4. The first kappa shape index (κ1) is 11.2. The van der Waals surface area contributed by atoms with Gasteiger partial charge in [0.15, 0.2) is 0 Å². The summed E-state index contributed by atoms with van der Waals surface area (Å²) in [4.78, 5) is 4.32. The minimum absolute atomic E-state index is 0.583. The molecule has 0 aromatic carbocycles. The molecule has 0 unspecified atom stereocenters. The number of aromatic amines is 1. The van der Waals surface area contributed by atoms with Gasteiger partial charge in [-0.05, 0) is 25.8 Å². The van der Waals surface area contributed by atoms with Crippen LogP contribution in [-0.2, 0) is 6.54 Å². The molecule has 2 aromatic rings. The topological polar surface area (TPSA) is 62.8 Å². The average molecular weight is 244 g/mol. The molecule has 0 aliphatic heterocycles. The number of aryl methyl sites for hydroxylation is 1. The Hall–Kier alpha value is -1.88. The van der Waals surface area contributed by atoms with E-state index in [0.29, 0.717) is 11.9 Å². The summed E-state index contributed by atoms with van der Waals surface area (Å²) in [5, 5.41) is 10.3. The number of ether oxygens (including phenoxy) is 1. The van der Waals surface area contributed by atoms with Gasteiger partial charge in [-0.15, -0.1) is 5.10 Å². The van der Waals surface area contributed by atoms with Crippen molar-refractivity contribution >= 4 is 0 Å². The summed E-state index contributed by atoms with van der Waals surface area (Å²) >= 11 is 0.